The number of aromatic nitrogens is 1. The molecule has 1 aliphatic heterocycles. The number of aromatic amines is 1. The summed E-state index contributed by atoms with van der Waals surface area (Å²) in [5, 5.41) is 20.0. The molecule has 8 nitrogen and oxygen atoms in total. The summed E-state index contributed by atoms with van der Waals surface area (Å²) in [4.78, 5) is 27.9. The lowest BCUT2D eigenvalue weighted by Crippen LogP contribution is -2.19. The first-order chi connectivity index (χ1) is 18.7. The zero-order chi connectivity index (χ0) is 27.6. The van der Waals surface area contributed by atoms with Gasteiger partial charge in [-0.2, -0.15) is 18.4 Å². The molecule has 4 aromatic rings. The van der Waals surface area contributed by atoms with Crippen molar-refractivity contribution in [1.82, 2.24) is 4.98 Å². The second-order valence-electron chi connectivity index (χ2n) is 8.59. The first-order valence-electron chi connectivity index (χ1n) is 11.6. The molecule has 1 aliphatic rings. The number of alkyl halides is 3. The highest BCUT2D eigenvalue weighted by Crippen LogP contribution is 2.36. The van der Waals surface area contributed by atoms with Crippen LogP contribution in [0.15, 0.2) is 79.0 Å². The van der Waals surface area contributed by atoms with Crippen molar-refractivity contribution in [1.29, 1.82) is 5.26 Å². The number of rotatable bonds is 5. The predicted octanol–water partition coefficient (Wildman–Crippen LogP) is 6.79. The molecule has 0 saturated heterocycles. The molecule has 0 fully saturated rings. The van der Waals surface area contributed by atoms with Crippen molar-refractivity contribution in [3.63, 3.8) is 0 Å². The maximum Gasteiger partial charge on any atom is 0.416 e. The van der Waals surface area contributed by atoms with E-state index in [1.807, 2.05) is 6.07 Å². The number of nitrogens with one attached hydrogen (secondary N) is 5. The van der Waals surface area contributed by atoms with E-state index < -0.39 is 17.8 Å². The summed E-state index contributed by atoms with van der Waals surface area (Å²) in [5.41, 5.74) is 3.73. The molecular weight excluding hydrogens is 509 g/mol. The Balaban J connectivity index is 1.27. The minimum absolute atomic E-state index is 0.00646. The molecule has 11 heteroatoms. The van der Waals surface area contributed by atoms with Crippen LogP contribution in [0.4, 0.5) is 46.4 Å². The van der Waals surface area contributed by atoms with Crippen molar-refractivity contribution in [2.45, 2.75) is 6.18 Å². The van der Waals surface area contributed by atoms with Crippen LogP contribution in [0, 0.1) is 11.3 Å². The molecule has 3 aromatic carbocycles. The Morgan fingerprint density at radius 1 is 0.897 bits per heavy atom. The number of hydrogen-bond donors (Lipinski definition) is 5. The van der Waals surface area contributed by atoms with Crippen LogP contribution in [0.3, 0.4) is 0 Å². The number of carbonyl (C=O) groups is 2. The number of amides is 3. The summed E-state index contributed by atoms with van der Waals surface area (Å²) in [5.74, 6) is -0.270. The lowest BCUT2D eigenvalue weighted by molar-refractivity contribution is -0.137. The van der Waals surface area contributed by atoms with Crippen LogP contribution in [0.2, 0.25) is 0 Å². The third-order valence-electron chi connectivity index (χ3n) is 5.79. The van der Waals surface area contributed by atoms with Crippen LogP contribution in [0.1, 0.15) is 22.4 Å². The van der Waals surface area contributed by atoms with Gasteiger partial charge >= 0.3 is 12.2 Å². The van der Waals surface area contributed by atoms with Crippen molar-refractivity contribution in [3.8, 4) is 6.07 Å². The van der Waals surface area contributed by atoms with Crippen molar-refractivity contribution in [2.24, 2.45) is 0 Å². The number of hydrogen-bond acceptors (Lipinski definition) is 4. The highest BCUT2D eigenvalue weighted by atomic mass is 19.4. The average Bonchev–Trinajstić information content (AvgIpc) is 3.47. The second-order valence-corrected chi connectivity index (χ2v) is 8.59. The van der Waals surface area contributed by atoms with E-state index in [0.29, 0.717) is 45.1 Å². The van der Waals surface area contributed by atoms with Gasteiger partial charge in [-0.1, -0.05) is 18.2 Å². The van der Waals surface area contributed by atoms with E-state index in [1.54, 1.807) is 60.8 Å². The lowest BCUT2D eigenvalue weighted by atomic mass is 10.1. The molecule has 0 radical (unpaired) electrons. The topological polar surface area (TPSA) is 122 Å². The Hall–Kier alpha value is -5.50. The summed E-state index contributed by atoms with van der Waals surface area (Å²) in [6.07, 6.45) is -1.28. The third kappa shape index (κ3) is 5.75. The monoisotopic (exact) mass is 528 g/mol. The van der Waals surface area contributed by atoms with E-state index >= 15 is 0 Å². The van der Waals surface area contributed by atoms with Gasteiger partial charge in [0.1, 0.15) is 6.07 Å². The van der Waals surface area contributed by atoms with E-state index in [1.165, 1.54) is 12.1 Å². The number of nitriles is 1. The van der Waals surface area contributed by atoms with Crippen LogP contribution in [-0.4, -0.2) is 16.9 Å². The Bertz CT molecular complexity index is 1670. The van der Waals surface area contributed by atoms with Gasteiger partial charge in [0.05, 0.1) is 22.4 Å². The van der Waals surface area contributed by atoms with Gasteiger partial charge in [0, 0.05) is 40.2 Å². The summed E-state index contributed by atoms with van der Waals surface area (Å²) >= 11 is 0. The van der Waals surface area contributed by atoms with Crippen molar-refractivity contribution in [2.75, 3.05) is 21.3 Å². The molecule has 1 aromatic heterocycles. The number of urea groups is 1. The number of nitrogens with zero attached hydrogens (tertiary/aromatic N) is 1. The fraction of sp³-hybridized carbons (Fsp3) is 0.0357. The zero-order valence-corrected chi connectivity index (χ0v) is 20.0. The molecule has 5 N–H and O–H groups in total. The van der Waals surface area contributed by atoms with E-state index in [2.05, 4.69) is 26.3 Å². The lowest BCUT2D eigenvalue weighted by Gasteiger charge is -2.12. The van der Waals surface area contributed by atoms with Gasteiger partial charge in [0.25, 0.3) is 5.91 Å². The second kappa shape index (κ2) is 10.1. The van der Waals surface area contributed by atoms with Gasteiger partial charge in [-0.05, 0) is 60.7 Å². The normalized spacial score (nSPS) is 13.4. The van der Waals surface area contributed by atoms with E-state index in [-0.39, 0.29) is 11.6 Å². The molecule has 0 unspecified atom stereocenters. The van der Waals surface area contributed by atoms with E-state index in [9.17, 15) is 22.8 Å². The molecule has 0 atom stereocenters. The Morgan fingerprint density at radius 3 is 2.31 bits per heavy atom. The van der Waals surface area contributed by atoms with Gasteiger partial charge in [-0.3, -0.25) is 4.79 Å². The van der Waals surface area contributed by atoms with Gasteiger partial charge in [-0.25, -0.2) is 4.79 Å². The summed E-state index contributed by atoms with van der Waals surface area (Å²) in [7, 11) is 0. The molecular formula is C28H19F3N6O2. The summed E-state index contributed by atoms with van der Waals surface area (Å²) in [6.45, 7) is 0. The highest BCUT2D eigenvalue weighted by molar-refractivity contribution is 6.35. The van der Waals surface area contributed by atoms with Crippen LogP contribution >= 0.6 is 0 Å². The van der Waals surface area contributed by atoms with E-state index in [4.69, 9.17) is 5.26 Å². The number of anilines is 5. The highest BCUT2D eigenvalue weighted by Gasteiger charge is 2.30. The molecule has 2 heterocycles. The first-order valence-corrected chi connectivity index (χ1v) is 11.6. The van der Waals surface area contributed by atoms with Gasteiger partial charge < -0.3 is 26.3 Å². The molecule has 5 rings (SSSR count). The van der Waals surface area contributed by atoms with Crippen molar-refractivity contribution < 1.29 is 22.8 Å². The van der Waals surface area contributed by atoms with Gasteiger partial charge in [-0.15, -0.1) is 0 Å². The number of benzene rings is 3. The largest absolute Gasteiger partial charge is 0.416 e. The maximum absolute atomic E-state index is 12.9. The minimum atomic E-state index is -4.52. The molecule has 0 bridgehead atoms. The molecule has 0 aliphatic carbocycles. The maximum atomic E-state index is 12.9. The summed E-state index contributed by atoms with van der Waals surface area (Å²) < 4.78 is 38.8. The number of carbonyl (C=O) groups excluding carboxylic acids is 2. The fourth-order valence-electron chi connectivity index (χ4n) is 4.04. The number of H-pyrrole nitrogens is 1. The minimum Gasteiger partial charge on any atom is -0.360 e. The average molecular weight is 528 g/mol. The fourth-order valence-corrected chi connectivity index (χ4v) is 4.04. The molecule has 194 valence electrons. The molecule has 39 heavy (non-hydrogen) atoms. The van der Waals surface area contributed by atoms with Gasteiger partial charge in [0.15, 0.2) is 0 Å². The predicted molar refractivity (Wildman–Crippen MR) is 142 cm³/mol. The standard InChI is InChI=1S/C28H19F3N6O2/c29-28(30,31)17-3-1-4-18(10-17)35-27(39)36-20-6-2-5-19(11-20)34-21-7-8-23-24(26(38)37-25(23)13-21)12-22-9-16(14-32)15-33-22/h1-13,15,33-34H,(H,37,38)(H2,35,36,39). The van der Waals surface area contributed by atoms with Gasteiger partial charge in [0.2, 0.25) is 0 Å². The smallest absolute Gasteiger partial charge is 0.360 e. The Kier molecular flexibility index (Phi) is 6.52. The van der Waals surface area contributed by atoms with Crippen molar-refractivity contribution in [3.05, 3.63) is 101 Å². The summed E-state index contributed by atoms with van der Waals surface area (Å²) in [6, 6.07) is 19.4. The first kappa shape index (κ1) is 25.2. The van der Waals surface area contributed by atoms with Crippen LogP contribution in [-0.2, 0) is 11.0 Å². The molecule has 0 spiro atoms. The SMILES string of the molecule is N#Cc1c[nH]c(C=C2C(=O)Nc3cc(Nc4cccc(NC(=O)Nc5cccc(C(F)(F)F)c5)c4)ccc32)c1. The third-order valence-corrected chi connectivity index (χ3v) is 5.79. The quantitative estimate of drug-likeness (QED) is 0.183. The van der Waals surface area contributed by atoms with Crippen molar-refractivity contribution >= 4 is 52.0 Å². The number of fused-ring (bicyclic) bond motifs is 1. The van der Waals surface area contributed by atoms with Crippen LogP contribution in [0.5, 0.6) is 0 Å². The molecule has 0 saturated carbocycles. The Labute approximate surface area is 220 Å². The Morgan fingerprint density at radius 2 is 1.59 bits per heavy atom. The number of halogens is 3. The zero-order valence-electron chi connectivity index (χ0n) is 20.0. The molecule has 3 amide bonds. The van der Waals surface area contributed by atoms with Crippen LogP contribution in [0.25, 0.3) is 11.6 Å². The van der Waals surface area contributed by atoms with Crippen LogP contribution < -0.4 is 21.3 Å². The van der Waals surface area contributed by atoms with E-state index in [0.717, 1.165) is 12.1 Å².